The molecule has 3 heteroatoms. The van der Waals surface area contributed by atoms with Crippen LogP contribution in [0.5, 0.6) is 0 Å². The Bertz CT molecular complexity index is 310. The van der Waals surface area contributed by atoms with Gasteiger partial charge in [-0.3, -0.25) is 4.21 Å². The molecule has 0 bridgehead atoms. The third-order valence-electron chi connectivity index (χ3n) is 1.93. The molecule has 0 fully saturated rings. The average molecular weight is 197 g/mol. The van der Waals surface area contributed by atoms with Crippen LogP contribution in [0, 0.1) is 6.92 Å². The van der Waals surface area contributed by atoms with E-state index in [9.17, 15) is 8.76 Å². The molecule has 1 rings (SSSR count). The second kappa shape index (κ2) is 4.53. The molecule has 0 saturated carbocycles. The van der Waals surface area contributed by atoms with Crippen molar-refractivity contribution in [3.05, 3.63) is 35.4 Å². The highest BCUT2D eigenvalue weighted by Gasteiger charge is 2.03. The lowest BCUT2D eigenvalue weighted by Gasteiger charge is -2.14. The first kappa shape index (κ1) is 10.4. The molecule has 72 valence electrons. The molecule has 0 aliphatic carbocycles. The minimum atomic E-state index is -1.97. The molecular weight excluding hydrogens is 184 g/mol. The Morgan fingerprint density at radius 3 is 2.77 bits per heavy atom. The number of rotatable bonds is 3. The molecule has 2 unspecified atom stereocenters. The zero-order valence-electron chi connectivity index (χ0n) is 7.82. The molecule has 0 N–H and O–H groups in total. The average Bonchev–Trinajstić information content (AvgIpc) is 2.04. The van der Waals surface area contributed by atoms with Crippen molar-refractivity contribution < 1.29 is 8.76 Å². The van der Waals surface area contributed by atoms with E-state index in [1.807, 2.05) is 31.2 Å². The molecule has 2 nitrogen and oxygen atoms in total. The first-order valence-electron chi connectivity index (χ1n) is 4.23. The summed E-state index contributed by atoms with van der Waals surface area (Å²) in [5, 5.41) is -0.304. The highest BCUT2D eigenvalue weighted by Crippen LogP contribution is 2.08. The van der Waals surface area contributed by atoms with E-state index in [0.717, 1.165) is 5.56 Å². The van der Waals surface area contributed by atoms with Crippen molar-refractivity contribution in [2.45, 2.75) is 25.5 Å². The summed E-state index contributed by atoms with van der Waals surface area (Å²) < 4.78 is 21.2. The van der Waals surface area contributed by atoms with E-state index in [0.29, 0.717) is 6.42 Å². The predicted molar refractivity (Wildman–Crippen MR) is 53.3 cm³/mol. The monoisotopic (exact) mass is 197 g/mol. The number of hydrogen-bond donors (Lipinski definition) is 0. The summed E-state index contributed by atoms with van der Waals surface area (Å²) >= 11 is -1.97. The van der Waals surface area contributed by atoms with Gasteiger partial charge in [-0.25, -0.2) is 0 Å². The Hall–Kier alpha value is -0.670. The Labute approximate surface area is 81.3 Å². The zero-order chi connectivity index (χ0) is 9.84. The number of aryl methyl sites for hydroxylation is 1. The molecule has 0 spiro atoms. The molecule has 0 aliphatic rings. The normalized spacial score (nSPS) is 15.3. The Morgan fingerprint density at radius 2 is 2.23 bits per heavy atom. The summed E-state index contributed by atoms with van der Waals surface area (Å²) in [5.74, 6) is 0. The first-order valence-corrected chi connectivity index (χ1v) is 5.37. The van der Waals surface area contributed by atoms with Gasteiger partial charge in [0.25, 0.3) is 0 Å². The van der Waals surface area contributed by atoms with Crippen LogP contribution >= 0.6 is 0 Å². The molecular formula is C10H13O2S-. The zero-order valence-corrected chi connectivity index (χ0v) is 8.64. The van der Waals surface area contributed by atoms with Gasteiger partial charge >= 0.3 is 0 Å². The molecule has 0 amide bonds. The maximum Gasteiger partial charge on any atom is 0.0227 e. The van der Waals surface area contributed by atoms with Crippen LogP contribution in [0.1, 0.15) is 18.1 Å². The van der Waals surface area contributed by atoms with Crippen molar-refractivity contribution in [3.63, 3.8) is 0 Å². The SMILES string of the molecule is Cc1cccc(CC(C)S(=O)[O-])c1. The smallest absolute Gasteiger partial charge is 0.0227 e. The molecule has 0 heterocycles. The fourth-order valence-electron chi connectivity index (χ4n) is 1.24. The fourth-order valence-corrected chi connectivity index (χ4v) is 1.57. The molecule has 0 saturated heterocycles. The summed E-state index contributed by atoms with van der Waals surface area (Å²) in [5.41, 5.74) is 2.25. The fraction of sp³-hybridized carbons (Fsp3) is 0.400. The second-order valence-corrected chi connectivity index (χ2v) is 4.59. The first-order chi connectivity index (χ1) is 6.09. The van der Waals surface area contributed by atoms with Gasteiger partial charge in [0.2, 0.25) is 0 Å². The predicted octanol–water partition coefficient (Wildman–Crippen LogP) is 1.81. The van der Waals surface area contributed by atoms with Gasteiger partial charge in [-0.15, -0.1) is 0 Å². The van der Waals surface area contributed by atoms with Crippen LogP contribution in [-0.4, -0.2) is 14.0 Å². The van der Waals surface area contributed by atoms with E-state index in [4.69, 9.17) is 0 Å². The highest BCUT2D eigenvalue weighted by molar-refractivity contribution is 7.79. The molecule has 13 heavy (non-hydrogen) atoms. The van der Waals surface area contributed by atoms with Gasteiger partial charge in [0.05, 0.1) is 0 Å². The van der Waals surface area contributed by atoms with E-state index >= 15 is 0 Å². The van der Waals surface area contributed by atoms with Crippen molar-refractivity contribution in [3.8, 4) is 0 Å². The van der Waals surface area contributed by atoms with E-state index in [2.05, 4.69) is 0 Å². The van der Waals surface area contributed by atoms with Gasteiger partial charge in [0.15, 0.2) is 0 Å². The van der Waals surface area contributed by atoms with E-state index < -0.39 is 11.1 Å². The Kier molecular flexibility index (Phi) is 3.63. The minimum Gasteiger partial charge on any atom is -0.772 e. The van der Waals surface area contributed by atoms with Crippen LogP contribution in [0.2, 0.25) is 0 Å². The lowest BCUT2D eigenvalue weighted by molar-refractivity contribution is 0.524. The molecule has 1 aromatic carbocycles. The van der Waals surface area contributed by atoms with Crippen LogP contribution in [0.25, 0.3) is 0 Å². The van der Waals surface area contributed by atoms with Gasteiger partial charge in [-0.05, 0) is 18.9 Å². The molecule has 0 aromatic heterocycles. The Balaban J connectivity index is 2.69. The quantitative estimate of drug-likeness (QED) is 0.693. The minimum absolute atomic E-state index is 0.304. The third-order valence-corrected chi connectivity index (χ3v) is 2.76. The summed E-state index contributed by atoms with van der Waals surface area (Å²) in [6, 6.07) is 7.92. The van der Waals surface area contributed by atoms with Crippen LogP contribution in [0.3, 0.4) is 0 Å². The Morgan fingerprint density at radius 1 is 1.54 bits per heavy atom. The van der Waals surface area contributed by atoms with Crippen molar-refractivity contribution in [1.82, 2.24) is 0 Å². The number of hydrogen-bond acceptors (Lipinski definition) is 2. The van der Waals surface area contributed by atoms with E-state index in [1.54, 1.807) is 6.92 Å². The van der Waals surface area contributed by atoms with Crippen molar-refractivity contribution in [2.24, 2.45) is 0 Å². The van der Waals surface area contributed by atoms with E-state index in [1.165, 1.54) is 5.56 Å². The van der Waals surface area contributed by atoms with Gasteiger partial charge in [-0.1, -0.05) is 47.8 Å². The second-order valence-electron chi connectivity index (χ2n) is 3.26. The number of benzene rings is 1. The summed E-state index contributed by atoms with van der Waals surface area (Å²) in [4.78, 5) is 0. The van der Waals surface area contributed by atoms with Crippen molar-refractivity contribution in [1.29, 1.82) is 0 Å². The highest BCUT2D eigenvalue weighted by atomic mass is 32.2. The standard InChI is InChI=1S/C10H14O2S/c1-8-4-3-5-10(6-8)7-9(2)13(11)12/h3-6,9H,7H2,1-2H3,(H,11,12)/p-1. The van der Waals surface area contributed by atoms with Gasteiger partial charge in [-0.2, -0.15) is 0 Å². The van der Waals surface area contributed by atoms with Gasteiger partial charge < -0.3 is 4.55 Å². The molecule has 2 atom stereocenters. The van der Waals surface area contributed by atoms with Crippen molar-refractivity contribution >= 4 is 11.1 Å². The molecule has 0 aliphatic heterocycles. The van der Waals surface area contributed by atoms with Crippen LogP contribution < -0.4 is 0 Å². The summed E-state index contributed by atoms with van der Waals surface area (Å²) in [6.07, 6.45) is 0.595. The molecule has 0 radical (unpaired) electrons. The maximum atomic E-state index is 10.6. The van der Waals surface area contributed by atoms with Crippen LogP contribution in [0.15, 0.2) is 24.3 Å². The summed E-state index contributed by atoms with van der Waals surface area (Å²) in [7, 11) is 0. The van der Waals surface area contributed by atoms with Gasteiger partial charge in [0, 0.05) is 5.25 Å². The van der Waals surface area contributed by atoms with E-state index in [-0.39, 0.29) is 5.25 Å². The van der Waals surface area contributed by atoms with Crippen LogP contribution in [0.4, 0.5) is 0 Å². The van der Waals surface area contributed by atoms with Crippen LogP contribution in [-0.2, 0) is 17.5 Å². The van der Waals surface area contributed by atoms with Crippen molar-refractivity contribution in [2.75, 3.05) is 0 Å². The summed E-state index contributed by atoms with van der Waals surface area (Å²) in [6.45, 7) is 3.72. The topological polar surface area (TPSA) is 40.1 Å². The molecule has 1 aromatic rings. The lowest BCUT2D eigenvalue weighted by Crippen LogP contribution is -2.13. The lowest BCUT2D eigenvalue weighted by atomic mass is 10.1. The third kappa shape index (κ3) is 3.28. The van der Waals surface area contributed by atoms with Gasteiger partial charge in [0.1, 0.15) is 0 Å². The largest absolute Gasteiger partial charge is 0.772 e. The maximum absolute atomic E-state index is 10.6.